The summed E-state index contributed by atoms with van der Waals surface area (Å²) in [6.07, 6.45) is 3.09. The average Bonchev–Trinajstić information content (AvgIpc) is 2.01. The Labute approximate surface area is 91.1 Å². The van der Waals surface area contributed by atoms with E-state index in [0.29, 0.717) is 0 Å². The Morgan fingerprint density at radius 1 is 1.21 bits per heavy atom. The molecular weight excluding hydrogens is 190 g/mol. The molecule has 0 fully saturated rings. The Kier molecular flexibility index (Phi) is 4.49. The van der Waals surface area contributed by atoms with Crippen LogP contribution in [-0.2, 0) is 6.42 Å². The summed E-state index contributed by atoms with van der Waals surface area (Å²) in [4.78, 5) is 0. The molecule has 0 aliphatic rings. The van der Waals surface area contributed by atoms with Gasteiger partial charge in [0.1, 0.15) is 0 Å². The predicted octanol–water partition coefficient (Wildman–Crippen LogP) is 2.54. The molecule has 0 radical (unpaired) electrons. The molecule has 14 heavy (non-hydrogen) atoms. The second-order valence-corrected chi connectivity index (χ2v) is 4.83. The van der Waals surface area contributed by atoms with Crippen molar-refractivity contribution in [2.45, 2.75) is 26.3 Å². The molecule has 1 unspecified atom stereocenters. The molecule has 78 valence electrons. The lowest BCUT2D eigenvalue weighted by atomic mass is 10.0. The van der Waals surface area contributed by atoms with Gasteiger partial charge in [-0.15, -0.1) is 0 Å². The van der Waals surface area contributed by atoms with Crippen molar-refractivity contribution in [3.05, 3.63) is 34.9 Å². The highest BCUT2D eigenvalue weighted by Crippen LogP contribution is 2.11. The number of hydrogen-bond donors (Lipinski definition) is 1. The van der Waals surface area contributed by atoms with Gasteiger partial charge in [-0.3, -0.25) is 0 Å². The van der Waals surface area contributed by atoms with Gasteiger partial charge in [0.15, 0.2) is 0 Å². The lowest BCUT2D eigenvalue weighted by Gasteiger charge is -2.11. The molecule has 0 aliphatic heterocycles. The van der Waals surface area contributed by atoms with Crippen LogP contribution in [0, 0.1) is 13.8 Å². The zero-order valence-corrected chi connectivity index (χ0v) is 10.0. The summed E-state index contributed by atoms with van der Waals surface area (Å²) in [5.41, 5.74) is 10.0. The van der Waals surface area contributed by atoms with E-state index in [9.17, 15) is 0 Å². The quantitative estimate of drug-likeness (QED) is 0.824. The van der Waals surface area contributed by atoms with Gasteiger partial charge in [-0.2, -0.15) is 11.8 Å². The largest absolute Gasteiger partial charge is 0.327 e. The standard InChI is InChI=1S/C12H19NS/c1-9-4-10(2)6-11(5-9)7-12(13)8-14-3/h4-6,12H,7-8,13H2,1-3H3. The minimum Gasteiger partial charge on any atom is -0.327 e. The van der Waals surface area contributed by atoms with E-state index < -0.39 is 0 Å². The van der Waals surface area contributed by atoms with Crippen LogP contribution in [0.3, 0.4) is 0 Å². The Balaban J connectivity index is 2.66. The number of benzene rings is 1. The highest BCUT2D eigenvalue weighted by atomic mass is 32.2. The number of nitrogens with two attached hydrogens (primary N) is 1. The van der Waals surface area contributed by atoms with Crippen LogP contribution in [0.4, 0.5) is 0 Å². The minimum absolute atomic E-state index is 0.284. The topological polar surface area (TPSA) is 26.0 Å². The van der Waals surface area contributed by atoms with Gasteiger partial charge in [-0.05, 0) is 32.1 Å². The molecule has 1 aromatic carbocycles. The highest BCUT2D eigenvalue weighted by molar-refractivity contribution is 7.98. The number of thioether (sulfide) groups is 1. The van der Waals surface area contributed by atoms with Gasteiger partial charge < -0.3 is 5.73 Å². The zero-order chi connectivity index (χ0) is 10.6. The Morgan fingerprint density at radius 2 is 1.79 bits per heavy atom. The van der Waals surface area contributed by atoms with E-state index in [1.54, 1.807) is 0 Å². The lowest BCUT2D eigenvalue weighted by Crippen LogP contribution is -2.25. The summed E-state index contributed by atoms with van der Waals surface area (Å²) in [6.45, 7) is 4.27. The van der Waals surface area contributed by atoms with Crippen molar-refractivity contribution in [2.75, 3.05) is 12.0 Å². The molecule has 0 aliphatic carbocycles. The van der Waals surface area contributed by atoms with E-state index in [-0.39, 0.29) is 6.04 Å². The summed E-state index contributed by atoms with van der Waals surface area (Å²) in [6, 6.07) is 6.94. The van der Waals surface area contributed by atoms with Crippen LogP contribution in [0.2, 0.25) is 0 Å². The van der Waals surface area contributed by atoms with Crippen molar-refractivity contribution in [3.63, 3.8) is 0 Å². The predicted molar refractivity (Wildman–Crippen MR) is 66.0 cm³/mol. The molecule has 1 rings (SSSR count). The first kappa shape index (κ1) is 11.6. The molecule has 1 atom stereocenters. The van der Waals surface area contributed by atoms with Crippen molar-refractivity contribution in [1.29, 1.82) is 0 Å². The first-order valence-electron chi connectivity index (χ1n) is 4.93. The maximum Gasteiger partial charge on any atom is 0.0171 e. The molecule has 1 aromatic rings. The van der Waals surface area contributed by atoms with Crippen molar-refractivity contribution < 1.29 is 0 Å². The lowest BCUT2D eigenvalue weighted by molar-refractivity contribution is 0.748. The van der Waals surface area contributed by atoms with Gasteiger partial charge in [-0.25, -0.2) is 0 Å². The molecular formula is C12H19NS. The summed E-state index contributed by atoms with van der Waals surface area (Å²) >= 11 is 1.81. The second kappa shape index (κ2) is 5.42. The van der Waals surface area contributed by atoms with Gasteiger partial charge in [-0.1, -0.05) is 29.3 Å². The van der Waals surface area contributed by atoms with E-state index >= 15 is 0 Å². The zero-order valence-electron chi connectivity index (χ0n) is 9.21. The Morgan fingerprint density at radius 3 is 2.29 bits per heavy atom. The summed E-state index contributed by atoms with van der Waals surface area (Å²) < 4.78 is 0. The first-order valence-corrected chi connectivity index (χ1v) is 6.33. The fourth-order valence-electron chi connectivity index (χ4n) is 1.76. The molecule has 0 aromatic heterocycles. The van der Waals surface area contributed by atoms with Crippen molar-refractivity contribution in [1.82, 2.24) is 0 Å². The van der Waals surface area contributed by atoms with Crippen molar-refractivity contribution >= 4 is 11.8 Å². The van der Waals surface area contributed by atoms with Gasteiger partial charge in [0.25, 0.3) is 0 Å². The van der Waals surface area contributed by atoms with Crippen molar-refractivity contribution in [3.8, 4) is 0 Å². The maximum atomic E-state index is 6.00. The van der Waals surface area contributed by atoms with E-state index in [1.807, 2.05) is 11.8 Å². The van der Waals surface area contributed by atoms with Crippen LogP contribution in [0.15, 0.2) is 18.2 Å². The van der Waals surface area contributed by atoms with Crippen LogP contribution in [0.25, 0.3) is 0 Å². The van der Waals surface area contributed by atoms with E-state index in [0.717, 1.165) is 12.2 Å². The SMILES string of the molecule is CSCC(N)Cc1cc(C)cc(C)c1. The van der Waals surface area contributed by atoms with Gasteiger partial charge in [0.2, 0.25) is 0 Å². The van der Waals surface area contributed by atoms with Crippen molar-refractivity contribution in [2.24, 2.45) is 5.73 Å². The summed E-state index contributed by atoms with van der Waals surface area (Å²) in [5.74, 6) is 1.03. The Bertz CT molecular complexity index is 276. The fraction of sp³-hybridized carbons (Fsp3) is 0.500. The summed E-state index contributed by atoms with van der Waals surface area (Å²) in [7, 11) is 0. The molecule has 0 bridgehead atoms. The van der Waals surface area contributed by atoms with E-state index in [2.05, 4.69) is 38.3 Å². The van der Waals surface area contributed by atoms with Crippen LogP contribution >= 0.6 is 11.8 Å². The second-order valence-electron chi connectivity index (χ2n) is 3.92. The van der Waals surface area contributed by atoms with Gasteiger partial charge in [0, 0.05) is 11.8 Å². The molecule has 0 heterocycles. The normalized spacial score (nSPS) is 12.9. The molecule has 2 heteroatoms. The average molecular weight is 209 g/mol. The van der Waals surface area contributed by atoms with Gasteiger partial charge >= 0.3 is 0 Å². The number of hydrogen-bond acceptors (Lipinski definition) is 2. The molecule has 0 saturated carbocycles. The highest BCUT2D eigenvalue weighted by Gasteiger charge is 2.03. The molecule has 1 nitrogen and oxygen atoms in total. The maximum absolute atomic E-state index is 6.00. The Hall–Kier alpha value is -0.470. The molecule has 0 saturated heterocycles. The third kappa shape index (κ3) is 3.72. The molecule has 0 amide bonds. The summed E-state index contributed by atoms with van der Waals surface area (Å²) in [5, 5.41) is 0. The fourth-order valence-corrected chi connectivity index (χ4v) is 2.31. The monoisotopic (exact) mass is 209 g/mol. The van der Waals surface area contributed by atoms with Crippen LogP contribution in [0.1, 0.15) is 16.7 Å². The number of rotatable bonds is 4. The number of aryl methyl sites for hydroxylation is 2. The van der Waals surface area contributed by atoms with Gasteiger partial charge in [0.05, 0.1) is 0 Å². The molecule has 0 spiro atoms. The van der Waals surface area contributed by atoms with Crippen LogP contribution < -0.4 is 5.73 Å². The third-order valence-corrected chi connectivity index (χ3v) is 2.92. The van der Waals surface area contributed by atoms with E-state index in [4.69, 9.17) is 5.73 Å². The van der Waals surface area contributed by atoms with E-state index in [1.165, 1.54) is 16.7 Å². The molecule has 2 N–H and O–H groups in total. The first-order chi connectivity index (χ1) is 6.61. The minimum atomic E-state index is 0.284. The van der Waals surface area contributed by atoms with Crippen LogP contribution in [0.5, 0.6) is 0 Å². The smallest absolute Gasteiger partial charge is 0.0171 e. The van der Waals surface area contributed by atoms with Crippen LogP contribution in [-0.4, -0.2) is 18.1 Å². The third-order valence-electron chi connectivity index (χ3n) is 2.16.